The first-order chi connectivity index (χ1) is 6.22. The monoisotopic (exact) mass is 219 g/mol. The highest BCUT2D eigenvalue weighted by atomic mass is 32.2. The number of nitrogen functional groups attached to an aromatic ring is 1. The zero-order chi connectivity index (χ0) is 9.68. The van der Waals surface area contributed by atoms with E-state index in [0.717, 1.165) is 11.5 Å². The van der Waals surface area contributed by atoms with Gasteiger partial charge < -0.3 is 10.5 Å². The molecule has 0 aliphatic heterocycles. The van der Waals surface area contributed by atoms with Crippen molar-refractivity contribution in [2.24, 2.45) is 0 Å². The molecule has 0 amide bonds. The second-order valence-corrected chi connectivity index (χ2v) is 3.94. The van der Waals surface area contributed by atoms with Gasteiger partial charge >= 0.3 is 5.97 Å². The molecule has 1 rings (SSSR count). The van der Waals surface area contributed by atoms with Crippen molar-refractivity contribution in [1.82, 2.24) is 9.36 Å². The van der Waals surface area contributed by atoms with E-state index in [9.17, 15) is 4.79 Å². The number of ether oxygens (including phenoxy) is 1. The van der Waals surface area contributed by atoms with E-state index in [-0.39, 0.29) is 5.97 Å². The summed E-state index contributed by atoms with van der Waals surface area (Å²) in [4.78, 5) is 14.6. The van der Waals surface area contributed by atoms with Crippen LogP contribution >= 0.6 is 23.3 Å². The van der Waals surface area contributed by atoms with E-state index in [1.54, 1.807) is 0 Å². The zero-order valence-corrected chi connectivity index (χ0v) is 8.65. The molecule has 0 saturated heterocycles. The van der Waals surface area contributed by atoms with Crippen molar-refractivity contribution in [2.75, 3.05) is 18.6 Å². The van der Waals surface area contributed by atoms with Crippen LogP contribution in [0.4, 0.5) is 5.13 Å². The van der Waals surface area contributed by atoms with Crippen molar-refractivity contribution < 1.29 is 9.53 Å². The zero-order valence-electron chi connectivity index (χ0n) is 7.02. The number of carbonyl (C=O) groups is 1. The number of hydrogen-bond donors (Lipinski definition) is 1. The van der Waals surface area contributed by atoms with Crippen LogP contribution in [-0.4, -0.2) is 28.2 Å². The molecule has 1 heterocycles. The average molecular weight is 219 g/mol. The molecule has 72 valence electrons. The van der Waals surface area contributed by atoms with Gasteiger partial charge in [-0.2, -0.15) is 9.36 Å². The Kier molecular flexibility index (Phi) is 3.97. The molecule has 2 N–H and O–H groups in total. The summed E-state index contributed by atoms with van der Waals surface area (Å²) in [5.74, 6) is 0.388. The third-order valence-electron chi connectivity index (χ3n) is 1.19. The summed E-state index contributed by atoms with van der Waals surface area (Å²) in [6.45, 7) is 0. The summed E-state index contributed by atoms with van der Waals surface area (Å²) in [5.41, 5.74) is 5.38. The largest absolute Gasteiger partial charge is 0.469 e. The van der Waals surface area contributed by atoms with Crippen molar-refractivity contribution in [2.45, 2.75) is 11.6 Å². The summed E-state index contributed by atoms with van der Waals surface area (Å²) < 4.78 is 8.43. The Bertz CT molecular complexity index is 289. The molecule has 0 radical (unpaired) electrons. The van der Waals surface area contributed by atoms with E-state index in [2.05, 4.69) is 14.1 Å². The predicted molar refractivity (Wildman–Crippen MR) is 51.7 cm³/mol. The predicted octanol–water partition coefficient (Wildman–Crippen LogP) is 0.775. The topological polar surface area (TPSA) is 78.1 Å². The Morgan fingerprint density at radius 2 is 2.54 bits per heavy atom. The quantitative estimate of drug-likeness (QED) is 0.595. The Hall–Kier alpha value is -0.820. The van der Waals surface area contributed by atoms with E-state index in [4.69, 9.17) is 5.73 Å². The third kappa shape index (κ3) is 3.60. The molecule has 0 atom stereocenters. The number of methoxy groups -OCH3 is 1. The molecule has 0 unspecified atom stereocenters. The highest BCUT2D eigenvalue weighted by Crippen LogP contribution is 2.18. The Balaban J connectivity index is 2.24. The maximum Gasteiger partial charge on any atom is 0.306 e. The van der Waals surface area contributed by atoms with Gasteiger partial charge in [0.1, 0.15) is 0 Å². The number of nitrogens with zero attached hydrogens (tertiary/aromatic N) is 2. The molecule has 13 heavy (non-hydrogen) atoms. The van der Waals surface area contributed by atoms with Gasteiger partial charge in [-0.3, -0.25) is 4.79 Å². The molecule has 0 bridgehead atoms. The van der Waals surface area contributed by atoms with Gasteiger partial charge in [0.05, 0.1) is 13.5 Å². The van der Waals surface area contributed by atoms with Crippen LogP contribution in [0, 0.1) is 0 Å². The second-order valence-electron chi connectivity index (χ2n) is 2.09. The SMILES string of the molecule is COC(=O)CCSc1nsc(N)n1. The molecule has 1 aromatic rings. The van der Waals surface area contributed by atoms with Gasteiger partial charge in [0.25, 0.3) is 0 Å². The minimum Gasteiger partial charge on any atom is -0.469 e. The van der Waals surface area contributed by atoms with Gasteiger partial charge in [-0.25, -0.2) is 0 Å². The first-order valence-corrected chi connectivity index (χ1v) is 5.27. The van der Waals surface area contributed by atoms with Crippen LogP contribution < -0.4 is 5.73 Å². The van der Waals surface area contributed by atoms with Crippen molar-refractivity contribution in [3.05, 3.63) is 0 Å². The molecule has 0 saturated carbocycles. The highest BCUT2D eigenvalue weighted by Gasteiger charge is 2.04. The molecule has 0 aromatic carbocycles. The van der Waals surface area contributed by atoms with Crippen molar-refractivity contribution in [3.8, 4) is 0 Å². The van der Waals surface area contributed by atoms with Crippen LogP contribution in [0.3, 0.4) is 0 Å². The van der Waals surface area contributed by atoms with Gasteiger partial charge in [-0.05, 0) is 0 Å². The summed E-state index contributed by atoms with van der Waals surface area (Å²) in [6, 6.07) is 0. The first kappa shape index (κ1) is 10.3. The minimum absolute atomic E-state index is 0.226. The number of aromatic nitrogens is 2. The lowest BCUT2D eigenvalue weighted by Crippen LogP contribution is -2.01. The van der Waals surface area contributed by atoms with Crippen LogP contribution in [-0.2, 0) is 9.53 Å². The average Bonchev–Trinajstić information content (AvgIpc) is 2.51. The fourth-order valence-corrected chi connectivity index (χ4v) is 1.94. The van der Waals surface area contributed by atoms with E-state index >= 15 is 0 Å². The minimum atomic E-state index is -0.226. The van der Waals surface area contributed by atoms with Crippen LogP contribution in [0.2, 0.25) is 0 Å². The second kappa shape index (κ2) is 5.03. The van der Waals surface area contributed by atoms with Gasteiger partial charge in [0, 0.05) is 17.3 Å². The number of carbonyl (C=O) groups excluding carboxylic acids is 1. The fraction of sp³-hybridized carbons (Fsp3) is 0.500. The van der Waals surface area contributed by atoms with Crippen molar-refractivity contribution in [1.29, 1.82) is 0 Å². The molecule has 1 aromatic heterocycles. The molecule has 0 aliphatic carbocycles. The number of anilines is 1. The highest BCUT2D eigenvalue weighted by molar-refractivity contribution is 7.99. The van der Waals surface area contributed by atoms with Crippen molar-refractivity contribution >= 4 is 34.4 Å². The number of hydrogen-bond acceptors (Lipinski definition) is 7. The van der Waals surface area contributed by atoms with Crippen LogP contribution in [0.15, 0.2) is 5.16 Å². The fourth-order valence-electron chi connectivity index (χ4n) is 0.607. The Morgan fingerprint density at radius 3 is 3.08 bits per heavy atom. The molecular weight excluding hydrogens is 210 g/mol. The molecular formula is C6H9N3O2S2. The molecule has 0 fully saturated rings. The lowest BCUT2D eigenvalue weighted by atomic mass is 10.5. The normalized spacial score (nSPS) is 9.92. The number of rotatable bonds is 4. The molecule has 0 aliphatic rings. The lowest BCUT2D eigenvalue weighted by molar-refractivity contribution is -0.140. The maximum atomic E-state index is 10.7. The van der Waals surface area contributed by atoms with E-state index in [0.29, 0.717) is 22.5 Å². The maximum absolute atomic E-state index is 10.7. The van der Waals surface area contributed by atoms with Crippen LogP contribution in [0.1, 0.15) is 6.42 Å². The number of esters is 1. The molecule has 5 nitrogen and oxygen atoms in total. The Labute approximate surface area is 83.8 Å². The van der Waals surface area contributed by atoms with Gasteiger partial charge in [-0.1, -0.05) is 11.8 Å². The van der Waals surface area contributed by atoms with E-state index in [1.165, 1.54) is 18.9 Å². The van der Waals surface area contributed by atoms with Crippen molar-refractivity contribution in [3.63, 3.8) is 0 Å². The van der Waals surface area contributed by atoms with Gasteiger partial charge in [0.2, 0.25) is 10.3 Å². The summed E-state index contributed by atoms with van der Waals surface area (Å²) in [5, 5.41) is 1.06. The smallest absolute Gasteiger partial charge is 0.306 e. The molecule has 0 spiro atoms. The number of thioether (sulfide) groups is 1. The van der Waals surface area contributed by atoms with Gasteiger partial charge in [-0.15, -0.1) is 0 Å². The Morgan fingerprint density at radius 1 is 1.77 bits per heavy atom. The summed E-state index contributed by atoms with van der Waals surface area (Å²) in [7, 11) is 1.37. The van der Waals surface area contributed by atoms with Gasteiger partial charge in [0.15, 0.2) is 0 Å². The number of nitrogens with two attached hydrogens (primary N) is 1. The van der Waals surface area contributed by atoms with E-state index < -0.39 is 0 Å². The molecule has 7 heteroatoms. The lowest BCUT2D eigenvalue weighted by Gasteiger charge is -1.95. The van der Waals surface area contributed by atoms with E-state index in [1.807, 2.05) is 0 Å². The van der Waals surface area contributed by atoms with Crippen LogP contribution in [0.5, 0.6) is 0 Å². The summed E-state index contributed by atoms with van der Waals surface area (Å²) in [6.07, 6.45) is 0.361. The van der Waals surface area contributed by atoms with Crippen LogP contribution in [0.25, 0.3) is 0 Å². The standard InChI is InChI=1S/C6H9N3O2S2/c1-11-4(10)2-3-12-6-8-5(7)13-9-6/h2-3H2,1H3,(H2,7,8,9). The third-order valence-corrected chi connectivity index (χ3v) is 2.70. The summed E-state index contributed by atoms with van der Waals surface area (Å²) >= 11 is 2.54. The first-order valence-electron chi connectivity index (χ1n) is 3.51.